The highest BCUT2D eigenvalue weighted by atomic mass is 16.5. The van der Waals surface area contributed by atoms with Crippen molar-refractivity contribution in [3.63, 3.8) is 0 Å². The van der Waals surface area contributed by atoms with E-state index in [1.165, 1.54) is 0 Å². The molecule has 0 aliphatic heterocycles. The Balaban J connectivity index is 1.67. The van der Waals surface area contributed by atoms with Crippen LogP contribution in [0.1, 0.15) is 31.7 Å². The molecule has 1 aromatic carbocycles. The van der Waals surface area contributed by atoms with Crippen molar-refractivity contribution < 1.29 is 14.4 Å². The molecule has 23 heavy (non-hydrogen) atoms. The van der Waals surface area contributed by atoms with E-state index < -0.39 is 0 Å². The Morgan fingerprint density at radius 2 is 2.04 bits per heavy atom. The quantitative estimate of drug-likeness (QED) is 0.846. The molecule has 6 nitrogen and oxygen atoms in total. The van der Waals surface area contributed by atoms with Gasteiger partial charge in [0.25, 0.3) is 0 Å². The summed E-state index contributed by atoms with van der Waals surface area (Å²) >= 11 is 0. The van der Waals surface area contributed by atoms with Crippen molar-refractivity contribution in [1.82, 2.24) is 15.0 Å². The number of rotatable bonds is 7. The zero-order valence-electron chi connectivity index (χ0n) is 13.8. The second-order valence-electron chi connectivity index (χ2n) is 6.21. The van der Waals surface area contributed by atoms with Gasteiger partial charge >= 0.3 is 0 Å². The summed E-state index contributed by atoms with van der Waals surface area (Å²) in [4.78, 5) is 6.53. The average molecular weight is 317 g/mol. The SMILES string of the molecule is COc1ccc(-c2noc(C(C)N(C)CC(O)C3CC3)n2)cc1. The third kappa shape index (κ3) is 3.71. The van der Waals surface area contributed by atoms with Gasteiger partial charge in [-0.3, -0.25) is 4.90 Å². The highest BCUT2D eigenvalue weighted by Gasteiger charge is 2.31. The van der Waals surface area contributed by atoms with Gasteiger partial charge in [0.05, 0.1) is 19.3 Å². The molecule has 2 unspecified atom stereocenters. The van der Waals surface area contributed by atoms with Crippen molar-refractivity contribution in [2.24, 2.45) is 5.92 Å². The zero-order chi connectivity index (χ0) is 16.4. The van der Waals surface area contributed by atoms with Crippen LogP contribution in [-0.2, 0) is 0 Å². The van der Waals surface area contributed by atoms with Crippen LogP contribution >= 0.6 is 0 Å². The number of methoxy groups -OCH3 is 1. The number of aliphatic hydroxyl groups excluding tert-OH is 1. The van der Waals surface area contributed by atoms with E-state index >= 15 is 0 Å². The minimum atomic E-state index is -0.272. The second-order valence-corrected chi connectivity index (χ2v) is 6.21. The maximum Gasteiger partial charge on any atom is 0.244 e. The molecule has 124 valence electrons. The van der Waals surface area contributed by atoms with Gasteiger partial charge in [-0.1, -0.05) is 5.16 Å². The van der Waals surface area contributed by atoms with Gasteiger partial charge < -0.3 is 14.4 Å². The van der Waals surface area contributed by atoms with Crippen LogP contribution in [-0.4, -0.2) is 47.0 Å². The molecule has 0 spiro atoms. The lowest BCUT2D eigenvalue weighted by Crippen LogP contribution is -2.32. The fourth-order valence-corrected chi connectivity index (χ4v) is 2.53. The lowest BCUT2D eigenvalue weighted by Gasteiger charge is -2.24. The van der Waals surface area contributed by atoms with E-state index in [1.807, 2.05) is 43.1 Å². The maximum atomic E-state index is 10.1. The lowest BCUT2D eigenvalue weighted by atomic mass is 10.2. The molecule has 1 saturated carbocycles. The Morgan fingerprint density at radius 1 is 1.35 bits per heavy atom. The van der Waals surface area contributed by atoms with Crippen LogP contribution in [0.4, 0.5) is 0 Å². The number of likely N-dealkylation sites (N-methyl/N-ethyl adjacent to an activating group) is 1. The van der Waals surface area contributed by atoms with Crippen molar-refractivity contribution in [3.05, 3.63) is 30.2 Å². The van der Waals surface area contributed by atoms with E-state index in [0.29, 0.717) is 24.2 Å². The summed E-state index contributed by atoms with van der Waals surface area (Å²) in [5.41, 5.74) is 0.883. The van der Waals surface area contributed by atoms with Gasteiger partial charge in [-0.15, -0.1) is 0 Å². The number of aliphatic hydroxyl groups is 1. The van der Waals surface area contributed by atoms with Crippen LogP contribution in [0.2, 0.25) is 0 Å². The maximum absolute atomic E-state index is 10.1. The fourth-order valence-electron chi connectivity index (χ4n) is 2.53. The van der Waals surface area contributed by atoms with Crippen molar-refractivity contribution in [2.75, 3.05) is 20.7 Å². The fraction of sp³-hybridized carbons (Fsp3) is 0.529. The lowest BCUT2D eigenvalue weighted by molar-refractivity contribution is 0.0833. The predicted octanol–water partition coefficient (Wildman–Crippen LogP) is 2.51. The molecular formula is C17H23N3O3. The van der Waals surface area contributed by atoms with Gasteiger partial charge in [0, 0.05) is 12.1 Å². The molecule has 2 aromatic rings. The Hall–Kier alpha value is -1.92. The average Bonchev–Trinajstić information content (AvgIpc) is 3.31. The summed E-state index contributed by atoms with van der Waals surface area (Å²) in [5, 5.41) is 14.1. The van der Waals surface area contributed by atoms with Gasteiger partial charge in [0.1, 0.15) is 5.75 Å². The Labute approximate surface area is 136 Å². The number of benzene rings is 1. The van der Waals surface area contributed by atoms with E-state index in [4.69, 9.17) is 9.26 Å². The summed E-state index contributed by atoms with van der Waals surface area (Å²) in [5.74, 6) is 2.37. The van der Waals surface area contributed by atoms with Crippen LogP contribution in [0.15, 0.2) is 28.8 Å². The van der Waals surface area contributed by atoms with Gasteiger partial charge in [0.2, 0.25) is 11.7 Å². The van der Waals surface area contributed by atoms with Gasteiger partial charge in [-0.25, -0.2) is 0 Å². The Kier molecular flexibility index (Phi) is 4.63. The van der Waals surface area contributed by atoms with E-state index in [9.17, 15) is 5.11 Å². The normalized spacial score (nSPS) is 17.3. The number of aromatic nitrogens is 2. The van der Waals surface area contributed by atoms with Gasteiger partial charge in [-0.2, -0.15) is 4.98 Å². The van der Waals surface area contributed by atoms with Gasteiger partial charge in [0.15, 0.2) is 0 Å². The van der Waals surface area contributed by atoms with E-state index in [-0.39, 0.29) is 12.1 Å². The summed E-state index contributed by atoms with van der Waals surface area (Å²) in [6, 6.07) is 7.50. The van der Waals surface area contributed by atoms with Gasteiger partial charge in [-0.05, 0) is 57.0 Å². The first kappa shape index (κ1) is 16.0. The second kappa shape index (κ2) is 6.68. The molecule has 6 heteroatoms. The van der Waals surface area contributed by atoms with Crippen LogP contribution < -0.4 is 4.74 Å². The van der Waals surface area contributed by atoms with E-state index in [1.54, 1.807) is 7.11 Å². The summed E-state index contributed by atoms with van der Waals surface area (Å²) in [6.45, 7) is 2.62. The third-order valence-corrected chi connectivity index (χ3v) is 4.45. The third-order valence-electron chi connectivity index (χ3n) is 4.45. The molecule has 0 saturated heterocycles. The highest BCUT2D eigenvalue weighted by Crippen LogP contribution is 2.33. The van der Waals surface area contributed by atoms with Crippen LogP contribution in [0.5, 0.6) is 5.75 Å². The molecule has 1 aromatic heterocycles. The number of nitrogens with zero attached hydrogens (tertiary/aromatic N) is 3. The standard InChI is InChI=1S/C17H23N3O3/c1-11(20(2)10-15(21)12-4-5-12)17-18-16(19-23-17)13-6-8-14(22-3)9-7-13/h6-9,11-12,15,21H,4-5,10H2,1-3H3. The molecular weight excluding hydrogens is 294 g/mol. The summed E-state index contributed by atoms with van der Waals surface area (Å²) in [6.07, 6.45) is 1.99. The minimum Gasteiger partial charge on any atom is -0.497 e. The zero-order valence-corrected chi connectivity index (χ0v) is 13.8. The molecule has 2 atom stereocenters. The van der Waals surface area contributed by atoms with Crippen LogP contribution in [0, 0.1) is 5.92 Å². The highest BCUT2D eigenvalue weighted by molar-refractivity contribution is 5.55. The first-order valence-electron chi connectivity index (χ1n) is 7.95. The topological polar surface area (TPSA) is 71.6 Å². The molecule has 0 bridgehead atoms. The smallest absolute Gasteiger partial charge is 0.244 e. The molecule has 1 N–H and O–H groups in total. The van der Waals surface area contributed by atoms with Crippen molar-refractivity contribution >= 4 is 0 Å². The minimum absolute atomic E-state index is 0.0390. The number of ether oxygens (including phenoxy) is 1. The predicted molar refractivity (Wildman–Crippen MR) is 86.1 cm³/mol. The van der Waals surface area contributed by atoms with E-state index in [2.05, 4.69) is 10.1 Å². The molecule has 1 heterocycles. The van der Waals surface area contributed by atoms with Crippen molar-refractivity contribution in [2.45, 2.75) is 31.9 Å². The molecule has 1 fully saturated rings. The largest absolute Gasteiger partial charge is 0.497 e. The first-order chi connectivity index (χ1) is 11.1. The molecule has 1 aliphatic carbocycles. The Bertz CT molecular complexity index is 637. The number of hydrogen-bond donors (Lipinski definition) is 1. The number of hydrogen-bond acceptors (Lipinski definition) is 6. The monoisotopic (exact) mass is 317 g/mol. The van der Waals surface area contributed by atoms with Crippen molar-refractivity contribution in [1.29, 1.82) is 0 Å². The van der Waals surface area contributed by atoms with E-state index in [0.717, 1.165) is 24.2 Å². The molecule has 1 aliphatic rings. The first-order valence-corrected chi connectivity index (χ1v) is 7.95. The summed E-state index contributed by atoms with van der Waals surface area (Å²) in [7, 11) is 3.60. The van der Waals surface area contributed by atoms with Crippen LogP contribution in [0.25, 0.3) is 11.4 Å². The Morgan fingerprint density at radius 3 is 2.65 bits per heavy atom. The molecule has 0 radical (unpaired) electrons. The molecule has 3 rings (SSSR count). The summed E-state index contributed by atoms with van der Waals surface area (Å²) < 4.78 is 10.5. The van der Waals surface area contributed by atoms with Crippen LogP contribution in [0.3, 0.4) is 0 Å². The van der Waals surface area contributed by atoms with Crippen molar-refractivity contribution in [3.8, 4) is 17.1 Å². The molecule has 0 amide bonds.